The number of nitrogens with zero attached hydrogens (tertiary/aromatic N) is 2. The highest BCUT2D eigenvalue weighted by molar-refractivity contribution is 9.10. The van der Waals surface area contributed by atoms with E-state index in [-0.39, 0.29) is 0 Å². The molecular formula is C19H19BrN4O. The summed E-state index contributed by atoms with van der Waals surface area (Å²) < 4.78 is 6.24. The van der Waals surface area contributed by atoms with Crippen LogP contribution in [0.5, 0.6) is 5.75 Å². The molecule has 25 heavy (non-hydrogen) atoms. The van der Waals surface area contributed by atoms with Crippen LogP contribution in [0.2, 0.25) is 0 Å². The van der Waals surface area contributed by atoms with Crippen LogP contribution in [0.3, 0.4) is 0 Å². The highest BCUT2D eigenvalue weighted by atomic mass is 79.9. The minimum Gasteiger partial charge on any atom is -0.497 e. The second kappa shape index (κ2) is 7.53. The molecule has 0 aliphatic carbocycles. The predicted molar refractivity (Wildman–Crippen MR) is 105 cm³/mol. The lowest BCUT2D eigenvalue weighted by Crippen LogP contribution is -2.02. The zero-order valence-corrected chi connectivity index (χ0v) is 15.9. The third-order valence-corrected chi connectivity index (χ3v) is 4.22. The molecule has 1 heterocycles. The van der Waals surface area contributed by atoms with Crippen LogP contribution in [0.4, 0.5) is 23.0 Å². The van der Waals surface area contributed by atoms with Crippen molar-refractivity contribution in [1.29, 1.82) is 0 Å². The molecule has 0 spiro atoms. The van der Waals surface area contributed by atoms with Crippen LogP contribution in [0, 0.1) is 13.8 Å². The van der Waals surface area contributed by atoms with Gasteiger partial charge in [-0.2, -0.15) is 0 Å². The molecule has 0 bridgehead atoms. The molecule has 0 radical (unpaired) electrons. The van der Waals surface area contributed by atoms with Crippen LogP contribution >= 0.6 is 15.9 Å². The van der Waals surface area contributed by atoms with Gasteiger partial charge in [-0.1, -0.05) is 12.1 Å². The fourth-order valence-electron chi connectivity index (χ4n) is 2.40. The molecular weight excluding hydrogens is 380 g/mol. The van der Waals surface area contributed by atoms with Crippen molar-refractivity contribution in [3.8, 4) is 5.75 Å². The van der Waals surface area contributed by atoms with Crippen molar-refractivity contribution < 1.29 is 4.74 Å². The van der Waals surface area contributed by atoms with Crippen LogP contribution < -0.4 is 15.4 Å². The van der Waals surface area contributed by atoms with Crippen LogP contribution in [-0.4, -0.2) is 17.1 Å². The number of halogens is 1. The second-order valence-corrected chi connectivity index (χ2v) is 6.51. The fraction of sp³-hybridized carbons (Fsp3) is 0.158. The summed E-state index contributed by atoms with van der Waals surface area (Å²) in [5, 5.41) is 6.61. The van der Waals surface area contributed by atoms with E-state index in [0.717, 1.165) is 27.4 Å². The summed E-state index contributed by atoms with van der Waals surface area (Å²) in [6.45, 7) is 3.92. The number of hydrogen-bond acceptors (Lipinski definition) is 5. The second-order valence-electron chi connectivity index (χ2n) is 5.65. The van der Waals surface area contributed by atoms with E-state index in [1.54, 1.807) is 7.11 Å². The Labute approximate surface area is 155 Å². The Bertz CT molecular complexity index is 898. The van der Waals surface area contributed by atoms with E-state index in [9.17, 15) is 0 Å². The zero-order valence-electron chi connectivity index (χ0n) is 14.3. The highest BCUT2D eigenvalue weighted by Crippen LogP contribution is 2.27. The molecule has 2 N–H and O–H groups in total. The lowest BCUT2D eigenvalue weighted by molar-refractivity contribution is 0.415. The number of ether oxygens (including phenoxy) is 1. The zero-order chi connectivity index (χ0) is 17.8. The van der Waals surface area contributed by atoms with Crippen LogP contribution in [0.25, 0.3) is 0 Å². The van der Waals surface area contributed by atoms with Crippen molar-refractivity contribution in [2.24, 2.45) is 0 Å². The first-order chi connectivity index (χ1) is 12.0. The highest BCUT2D eigenvalue weighted by Gasteiger charge is 2.06. The van der Waals surface area contributed by atoms with Gasteiger partial charge >= 0.3 is 0 Å². The lowest BCUT2D eigenvalue weighted by atomic mass is 10.2. The van der Waals surface area contributed by atoms with E-state index in [1.807, 2.05) is 43.3 Å². The van der Waals surface area contributed by atoms with Gasteiger partial charge in [-0.15, -0.1) is 0 Å². The Hall–Kier alpha value is -2.60. The third kappa shape index (κ3) is 4.48. The topological polar surface area (TPSA) is 59.1 Å². The van der Waals surface area contributed by atoms with E-state index in [2.05, 4.69) is 55.6 Å². The van der Waals surface area contributed by atoms with Crippen molar-refractivity contribution in [2.75, 3.05) is 17.7 Å². The minimum absolute atomic E-state index is 0.679. The molecule has 0 saturated carbocycles. The molecule has 128 valence electrons. The number of anilines is 4. The molecule has 0 atom stereocenters. The summed E-state index contributed by atoms with van der Waals surface area (Å²) in [4.78, 5) is 8.91. The summed E-state index contributed by atoms with van der Waals surface area (Å²) in [6.07, 6.45) is 0. The average Bonchev–Trinajstić information content (AvgIpc) is 2.57. The van der Waals surface area contributed by atoms with Gasteiger partial charge in [0.15, 0.2) is 0 Å². The van der Waals surface area contributed by atoms with Gasteiger partial charge in [0.1, 0.15) is 23.2 Å². The van der Waals surface area contributed by atoms with E-state index in [1.165, 1.54) is 5.56 Å². The molecule has 6 heteroatoms. The standard InChI is InChI=1S/C19H19BrN4O/c1-12-7-8-17(16(20)9-12)24-19-11-18(21-13(2)22-19)23-14-5-4-6-15(10-14)25-3/h4-11H,1-3H3,(H2,21,22,23,24). The van der Waals surface area contributed by atoms with Crippen molar-refractivity contribution in [1.82, 2.24) is 9.97 Å². The van der Waals surface area contributed by atoms with Gasteiger partial charge in [-0.05, 0) is 59.6 Å². The summed E-state index contributed by atoms with van der Waals surface area (Å²) in [6, 6.07) is 15.7. The quantitative estimate of drug-likeness (QED) is 0.606. The van der Waals surface area contributed by atoms with E-state index >= 15 is 0 Å². The average molecular weight is 399 g/mol. The van der Waals surface area contributed by atoms with Crippen LogP contribution in [-0.2, 0) is 0 Å². The van der Waals surface area contributed by atoms with Gasteiger partial charge in [-0.25, -0.2) is 9.97 Å². The normalized spacial score (nSPS) is 10.4. The molecule has 3 rings (SSSR count). The van der Waals surface area contributed by atoms with Gasteiger partial charge in [-0.3, -0.25) is 0 Å². The molecule has 0 amide bonds. The Morgan fingerprint density at radius 2 is 1.68 bits per heavy atom. The summed E-state index contributed by atoms with van der Waals surface area (Å²) in [7, 11) is 1.65. The SMILES string of the molecule is COc1cccc(Nc2cc(Nc3ccc(C)cc3Br)nc(C)n2)c1. The molecule has 2 aromatic carbocycles. The van der Waals surface area contributed by atoms with Gasteiger partial charge in [0.25, 0.3) is 0 Å². The number of methoxy groups -OCH3 is 1. The maximum absolute atomic E-state index is 5.25. The first-order valence-electron chi connectivity index (χ1n) is 7.83. The summed E-state index contributed by atoms with van der Waals surface area (Å²) >= 11 is 3.58. The molecule has 0 unspecified atom stereocenters. The number of aryl methyl sites for hydroxylation is 2. The number of rotatable bonds is 5. The first kappa shape index (κ1) is 17.2. The predicted octanol–water partition coefficient (Wildman–Crippen LogP) is 5.35. The van der Waals surface area contributed by atoms with Gasteiger partial charge in [0.05, 0.1) is 12.8 Å². The number of hydrogen-bond donors (Lipinski definition) is 2. The van der Waals surface area contributed by atoms with E-state index < -0.39 is 0 Å². The lowest BCUT2D eigenvalue weighted by Gasteiger charge is -2.12. The summed E-state index contributed by atoms with van der Waals surface area (Å²) in [5.74, 6) is 2.91. The molecule has 0 fully saturated rings. The number of benzene rings is 2. The van der Waals surface area contributed by atoms with Crippen molar-refractivity contribution in [3.63, 3.8) is 0 Å². The molecule has 3 aromatic rings. The first-order valence-corrected chi connectivity index (χ1v) is 8.63. The fourth-order valence-corrected chi connectivity index (χ4v) is 3.00. The number of aromatic nitrogens is 2. The Morgan fingerprint density at radius 1 is 0.920 bits per heavy atom. The molecule has 0 aliphatic heterocycles. The van der Waals surface area contributed by atoms with Gasteiger partial charge in [0, 0.05) is 22.3 Å². The maximum atomic E-state index is 5.25. The van der Waals surface area contributed by atoms with E-state index in [4.69, 9.17) is 4.74 Å². The Balaban J connectivity index is 1.84. The van der Waals surface area contributed by atoms with Crippen LogP contribution in [0.15, 0.2) is 53.0 Å². The Morgan fingerprint density at radius 3 is 2.40 bits per heavy atom. The smallest absolute Gasteiger partial charge is 0.136 e. The largest absolute Gasteiger partial charge is 0.497 e. The summed E-state index contributed by atoms with van der Waals surface area (Å²) in [5.41, 5.74) is 3.05. The molecule has 5 nitrogen and oxygen atoms in total. The van der Waals surface area contributed by atoms with Crippen molar-refractivity contribution in [3.05, 3.63) is 64.4 Å². The maximum Gasteiger partial charge on any atom is 0.136 e. The van der Waals surface area contributed by atoms with Gasteiger partial charge in [0.2, 0.25) is 0 Å². The number of nitrogens with one attached hydrogen (secondary N) is 2. The van der Waals surface area contributed by atoms with Crippen molar-refractivity contribution in [2.45, 2.75) is 13.8 Å². The van der Waals surface area contributed by atoms with Gasteiger partial charge < -0.3 is 15.4 Å². The molecule has 0 aliphatic rings. The Kier molecular flexibility index (Phi) is 5.19. The van der Waals surface area contributed by atoms with Crippen molar-refractivity contribution >= 4 is 38.9 Å². The third-order valence-electron chi connectivity index (χ3n) is 3.57. The van der Waals surface area contributed by atoms with E-state index in [0.29, 0.717) is 11.6 Å². The monoisotopic (exact) mass is 398 g/mol. The van der Waals surface area contributed by atoms with Crippen LogP contribution in [0.1, 0.15) is 11.4 Å². The minimum atomic E-state index is 0.679. The molecule has 1 aromatic heterocycles. The molecule has 0 saturated heterocycles.